The van der Waals surface area contributed by atoms with Crippen molar-refractivity contribution in [3.8, 4) is 0 Å². The Labute approximate surface area is 113 Å². The Balaban J connectivity index is 1.67. The molecule has 1 unspecified atom stereocenters. The van der Waals surface area contributed by atoms with Gasteiger partial charge in [0.15, 0.2) is 0 Å². The van der Waals surface area contributed by atoms with Crippen molar-refractivity contribution in [3.05, 3.63) is 29.3 Å². The summed E-state index contributed by atoms with van der Waals surface area (Å²) in [4.78, 5) is 12.0. The smallest absolute Gasteiger partial charge is 0.226 e. The summed E-state index contributed by atoms with van der Waals surface area (Å²) in [6.07, 6.45) is 3.68. The molecule has 1 amide bonds. The van der Waals surface area contributed by atoms with Gasteiger partial charge in [-0.25, -0.2) is 0 Å². The zero-order valence-electron chi connectivity index (χ0n) is 11.1. The van der Waals surface area contributed by atoms with Crippen LogP contribution in [0.5, 0.6) is 0 Å². The van der Waals surface area contributed by atoms with Crippen LogP contribution in [0.4, 0.5) is 5.69 Å². The minimum atomic E-state index is 0.0610. The number of amides is 1. The molecule has 2 heterocycles. The van der Waals surface area contributed by atoms with Gasteiger partial charge in [-0.15, -0.1) is 0 Å². The van der Waals surface area contributed by atoms with Gasteiger partial charge in [0.2, 0.25) is 5.91 Å². The lowest BCUT2D eigenvalue weighted by molar-refractivity contribution is -0.118. The maximum atomic E-state index is 12.0. The monoisotopic (exact) mass is 260 g/mol. The van der Waals surface area contributed by atoms with E-state index in [0.29, 0.717) is 6.42 Å². The third-order valence-corrected chi connectivity index (χ3v) is 3.86. The quantitative estimate of drug-likeness (QED) is 0.872. The number of fused-ring (bicyclic) bond motifs is 1. The van der Waals surface area contributed by atoms with Crippen LogP contribution in [0.25, 0.3) is 0 Å². The van der Waals surface area contributed by atoms with Crippen molar-refractivity contribution in [3.63, 3.8) is 0 Å². The lowest BCUT2D eigenvalue weighted by Gasteiger charge is -2.21. The van der Waals surface area contributed by atoms with Crippen molar-refractivity contribution < 1.29 is 9.53 Å². The number of nitrogens with one attached hydrogen (secondary N) is 2. The van der Waals surface area contributed by atoms with Crippen LogP contribution in [0.2, 0.25) is 0 Å². The average Bonchev–Trinajstić information content (AvgIpc) is 2.92. The third kappa shape index (κ3) is 2.96. The number of carbonyl (C=O) groups excluding carboxylic acids is 1. The maximum Gasteiger partial charge on any atom is 0.226 e. The van der Waals surface area contributed by atoms with Crippen molar-refractivity contribution in [1.82, 2.24) is 5.32 Å². The summed E-state index contributed by atoms with van der Waals surface area (Å²) in [5, 5.41) is 6.39. The minimum absolute atomic E-state index is 0.0610. The predicted molar refractivity (Wildman–Crippen MR) is 74.1 cm³/mol. The molecule has 1 saturated heterocycles. The molecule has 1 atom stereocenters. The zero-order valence-corrected chi connectivity index (χ0v) is 11.1. The van der Waals surface area contributed by atoms with Gasteiger partial charge in [0.1, 0.15) is 0 Å². The molecule has 0 bridgehead atoms. The maximum absolute atomic E-state index is 12.0. The van der Waals surface area contributed by atoms with Crippen LogP contribution in [0.1, 0.15) is 30.4 Å². The van der Waals surface area contributed by atoms with Crippen molar-refractivity contribution in [2.75, 3.05) is 18.5 Å². The Bertz CT molecular complexity index is 467. The number of rotatable bonds is 3. The van der Waals surface area contributed by atoms with Gasteiger partial charge in [-0.1, -0.05) is 12.1 Å². The summed E-state index contributed by atoms with van der Waals surface area (Å²) < 4.78 is 5.50. The third-order valence-electron chi connectivity index (χ3n) is 3.86. The first-order chi connectivity index (χ1) is 9.33. The SMILES string of the molecule is O=C(CC1CCCO1)Nc1cccc2c1CNCC2. The molecule has 2 aliphatic rings. The molecule has 19 heavy (non-hydrogen) atoms. The van der Waals surface area contributed by atoms with E-state index >= 15 is 0 Å². The number of hydrogen-bond acceptors (Lipinski definition) is 3. The van der Waals surface area contributed by atoms with E-state index in [0.717, 1.165) is 44.6 Å². The van der Waals surface area contributed by atoms with Crippen LogP contribution in [0.3, 0.4) is 0 Å². The molecular formula is C15H20N2O2. The molecule has 102 valence electrons. The van der Waals surface area contributed by atoms with E-state index in [2.05, 4.69) is 16.7 Å². The van der Waals surface area contributed by atoms with Crippen molar-refractivity contribution in [2.45, 2.75) is 38.3 Å². The number of carbonyl (C=O) groups is 1. The largest absolute Gasteiger partial charge is 0.378 e. The molecule has 4 heteroatoms. The summed E-state index contributed by atoms with van der Waals surface area (Å²) in [5.74, 6) is 0.0610. The molecule has 0 aromatic heterocycles. The lowest BCUT2D eigenvalue weighted by atomic mass is 9.99. The van der Waals surface area contributed by atoms with E-state index in [1.807, 2.05) is 12.1 Å². The molecule has 1 aromatic carbocycles. The van der Waals surface area contributed by atoms with Gasteiger partial charge in [0, 0.05) is 18.8 Å². The van der Waals surface area contributed by atoms with E-state index < -0.39 is 0 Å². The standard InChI is InChI=1S/C15H20N2O2/c18-15(9-12-4-2-8-19-12)17-14-5-1-3-11-6-7-16-10-13(11)14/h1,3,5,12,16H,2,4,6-10H2,(H,17,18). The molecule has 1 fully saturated rings. The molecule has 2 aliphatic heterocycles. The fourth-order valence-corrected chi connectivity index (χ4v) is 2.84. The molecule has 0 saturated carbocycles. The topological polar surface area (TPSA) is 50.4 Å². The molecule has 0 spiro atoms. The van der Waals surface area contributed by atoms with Crippen LogP contribution < -0.4 is 10.6 Å². The van der Waals surface area contributed by atoms with Crippen LogP contribution in [0.15, 0.2) is 18.2 Å². The van der Waals surface area contributed by atoms with Crippen LogP contribution in [0, 0.1) is 0 Å². The van der Waals surface area contributed by atoms with Gasteiger partial charge >= 0.3 is 0 Å². The highest BCUT2D eigenvalue weighted by Gasteiger charge is 2.20. The van der Waals surface area contributed by atoms with Crippen molar-refractivity contribution >= 4 is 11.6 Å². The summed E-state index contributed by atoms with van der Waals surface area (Å²) >= 11 is 0. The normalized spacial score (nSPS) is 22.0. The molecule has 0 radical (unpaired) electrons. The molecule has 4 nitrogen and oxygen atoms in total. The Morgan fingerprint density at radius 2 is 2.42 bits per heavy atom. The fourth-order valence-electron chi connectivity index (χ4n) is 2.84. The van der Waals surface area contributed by atoms with E-state index in [-0.39, 0.29) is 12.0 Å². The lowest BCUT2D eigenvalue weighted by Crippen LogP contribution is -2.26. The van der Waals surface area contributed by atoms with Gasteiger partial charge < -0.3 is 15.4 Å². The van der Waals surface area contributed by atoms with E-state index in [4.69, 9.17) is 4.74 Å². The Morgan fingerprint density at radius 1 is 1.47 bits per heavy atom. The van der Waals surface area contributed by atoms with Crippen molar-refractivity contribution in [1.29, 1.82) is 0 Å². The summed E-state index contributed by atoms with van der Waals surface area (Å²) in [6.45, 7) is 2.65. The van der Waals surface area contributed by atoms with E-state index in [1.54, 1.807) is 0 Å². The Morgan fingerprint density at radius 3 is 3.26 bits per heavy atom. The summed E-state index contributed by atoms with van der Waals surface area (Å²) in [5.41, 5.74) is 3.52. The number of benzene rings is 1. The van der Waals surface area contributed by atoms with Gasteiger partial charge in [0.25, 0.3) is 0 Å². The minimum Gasteiger partial charge on any atom is -0.378 e. The Hall–Kier alpha value is -1.39. The zero-order chi connectivity index (χ0) is 13.1. The number of anilines is 1. The summed E-state index contributed by atoms with van der Waals surface area (Å²) in [7, 11) is 0. The van der Waals surface area contributed by atoms with Gasteiger partial charge in [0.05, 0.1) is 12.5 Å². The first kappa shape index (κ1) is 12.6. The summed E-state index contributed by atoms with van der Waals surface area (Å²) in [6, 6.07) is 6.15. The Kier molecular flexibility index (Phi) is 3.80. The fraction of sp³-hybridized carbons (Fsp3) is 0.533. The van der Waals surface area contributed by atoms with E-state index in [1.165, 1.54) is 11.1 Å². The van der Waals surface area contributed by atoms with Crippen LogP contribution in [-0.2, 0) is 22.5 Å². The van der Waals surface area contributed by atoms with Gasteiger partial charge in [-0.2, -0.15) is 0 Å². The number of ether oxygens (including phenoxy) is 1. The highest BCUT2D eigenvalue weighted by Crippen LogP contribution is 2.23. The highest BCUT2D eigenvalue weighted by atomic mass is 16.5. The van der Waals surface area contributed by atoms with Crippen molar-refractivity contribution in [2.24, 2.45) is 0 Å². The molecule has 2 N–H and O–H groups in total. The van der Waals surface area contributed by atoms with Crippen LogP contribution in [-0.4, -0.2) is 25.2 Å². The van der Waals surface area contributed by atoms with E-state index in [9.17, 15) is 4.79 Å². The first-order valence-electron chi connectivity index (χ1n) is 7.06. The predicted octanol–water partition coefficient (Wildman–Crippen LogP) is 1.84. The molecule has 1 aromatic rings. The highest BCUT2D eigenvalue weighted by molar-refractivity contribution is 5.92. The second-order valence-electron chi connectivity index (χ2n) is 5.26. The second-order valence-corrected chi connectivity index (χ2v) is 5.26. The van der Waals surface area contributed by atoms with Crippen LogP contribution >= 0.6 is 0 Å². The second kappa shape index (κ2) is 5.72. The first-order valence-corrected chi connectivity index (χ1v) is 7.06. The van der Waals surface area contributed by atoms with Gasteiger partial charge in [-0.05, 0) is 43.0 Å². The molecule has 3 rings (SSSR count). The number of hydrogen-bond donors (Lipinski definition) is 2. The molecular weight excluding hydrogens is 240 g/mol. The average molecular weight is 260 g/mol. The van der Waals surface area contributed by atoms with Gasteiger partial charge in [-0.3, -0.25) is 4.79 Å². The molecule has 0 aliphatic carbocycles.